The molecule has 2 saturated heterocycles. The van der Waals surface area contributed by atoms with Crippen molar-refractivity contribution in [1.29, 1.82) is 0 Å². The molecule has 2 aromatic rings. The smallest absolute Gasteiger partial charge is 0.253 e. The lowest BCUT2D eigenvalue weighted by Crippen LogP contribution is -2.47. The number of anilines is 2. The Bertz CT molecular complexity index is 1160. The van der Waals surface area contributed by atoms with Crippen molar-refractivity contribution in [3.05, 3.63) is 71.4 Å². The van der Waals surface area contributed by atoms with Crippen molar-refractivity contribution in [3.63, 3.8) is 0 Å². The van der Waals surface area contributed by atoms with E-state index in [1.807, 2.05) is 29.2 Å². The molecule has 2 atom stereocenters. The SMILES string of the molecule is CN1CCN(C(=O)c2ccc(NC3=NC4C(=CN3)CC3(CO3)N(C)c3ccccc34)cc2)CC1. The average molecular weight is 459 g/mol. The third-order valence-corrected chi connectivity index (χ3v) is 7.35. The topological polar surface area (TPSA) is 75.7 Å². The Morgan fingerprint density at radius 1 is 1.09 bits per heavy atom. The molecule has 8 nitrogen and oxygen atoms in total. The number of para-hydroxylation sites is 1. The molecule has 4 heterocycles. The molecule has 2 N–H and O–H groups in total. The van der Waals surface area contributed by atoms with Crippen LogP contribution in [0.5, 0.6) is 0 Å². The Kier molecular flexibility index (Phi) is 5.08. The molecule has 0 bridgehead atoms. The highest BCUT2D eigenvalue weighted by Crippen LogP contribution is 2.49. The zero-order valence-corrected chi connectivity index (χ0v) is 19.6. The summed E-state index contributed by atoms with van der Waals surface area (Å²) in [5, 5.41) is 6.70. The van der Waals surface area contributed by atoms with Gasteiger partial charge in [-0.05, 0) is 43.0 Å². The molecule has 0 radical (unpaired) electrons. The Morgan fingerprint density at radius 3 is 2.56 bits per heavy atom. The average Bonchev–Trinajstić information content (AvgIpc) is 3.66. The van der Waals surface area contributed by atoms with Gasteiger partial charge >= 0.3 is 0 Å². The summed E-state index contributed by atoms with van der Waals surface area (Å²) in [6, 6.07) is 16.0. The second-order valence-corrected chi connectivity index (χ2v) is 9.57. The molecular weight excluding hydrogens is 428 g/mol. The molecule has 34 heavy (non-hydrogen) atoms. The van der Waals surface area contributed by atoms with E-state index >= 15 is 0 Å². The summed E-state index contributed by atoms with van der Waals surface area (Å²) in [5.74, 6) is 0.785. The number of guanidine groups is 1. The third kappa shape index (κ3) is 3.73. The normalized spacial score (nSPS) is 26.0. The van der Waals surface area contributed by atoms with Gasteiger partial charge in [0, 0.05) is 68.3 Å². The number of fused-ring (bicyclic) bond motifs is 3. The number of carbonyl (C=O) groups is 1. The summed E-state index contributed by atoms with van der Waals surface area (Å²) in [6.45, 7) is 4.11. The zero-order chi connectivity index (χ0) is 23.3. The van der Waals surface area contributed by atoms with E-state index in [4.69, 9.17) is 9.73 Å². The first-order chi connectivity index (χ1) is 16.5. The highest BCUT2D eigenvalue weighted by Gasteiger charge is 2.52. The van der Waals surface area contributed by atoms with Crippen molar-refractivity contribution in [2.24, 2.45) is 4.99 Å². The molecule has 1 amide bonds. The standard InChI is InChI=1S/C26H30N6O2/c1-30-11-13-32(14-12-30)24(33)18-7-9-20(10-8-18)28-25-27-16-19-15-26(17-34-26)31(2)22-6-4-3-5-21(22)23(19)29-25/h3-10,16,23H,11-15,17H2,1-2H3,(H2,27,28,29). The van der Waals surface area contributed by atoms with E-state index in [9.17, 15) is 4.79 Å². The van der Waals surface area contributed by atoms with Crippen molar-refractivity contribution in [2.45, 2.75) is 18.2 Å². The number of likely N-dealkylation sites (N-methyl/N-ethyl adjacent to an activating group) is 2. The minimum Gasteiger partial charge on any atom is -0.348 e. The summed E-state index contributed by atoms with van der Waals surface area (Å²) >= 11 is 0. The number of amides is 1. The maximum absolute atomic E-state index is 12.8. The molecule has 0 aromatic heterocycles. The number of hydrogen-bond acceptors (Lipinski definition) is 7. The minimum atomic E-state index is -0.259. The molecular formula is C26H30N6O2. The second-order valence-electron chi connectivity index (χ2n) is 9.57. The van der Waals surface area contributed by atoms with E-state index < -0.39 is 0 Å². The van der Waals surface area contributed by atoms with Gasteiger partial charge in [-0.1, -0.05) is 18.2 Å². The highest BCUT2D eigenvalue weighted by molar-refractivity contribution is 5.97. The monoisotopic (exact) mass is 458 g/mol. The summed E-state index contributed by atoms with van der Waals surface area (Å²) in [5.41, 5.74) is 4.89. The van der Waals surface area contributed by atoms with Gasteiger partial charge in [-0.3, -0.25) is 4.79 Å². The van der Waals surface area contributed by atoms with Crippen molar-refractivity contribution >= 4 is 23.2 Å². The van der Waals surface area contributed by atoms with Crippen LogP contribution in [-0.2, 0) is 4.74 Å². The molecule has 2 fully saturated rings. The molecule has 8 heteroatoms. The van der Waals surface area contributed by atoms with Gasteiger partial charge in [0.1, 0.15) is 6.04 Å². The number of nitrogens with zero attached hydrogens (tertiary/aromatic N) is 4. The molecule has 6 rings (SSSR count). The maximum Gasteiger partial charge on any atom is 0.253 e. The van der Waals surface area contributed by atoms with Gasteiger partial charge in [-0.2, -0.15) is 0 Å². The number of aliphatic imine (C=N–C) groups is 1. The molecule has 4 aliphatic heterocycles. The minimum absolute atomic E-state index is 0.0657. The lowest BCUT2D eigenvalue weighted by atomic mass is 9.95. The van der Waals surface area contributed by atoms with Crippen LogP contribution < -0.4 is 15.5 Å². The first-order valence-electron chi connectivity index (χ1n) is 11.9. The lowest BCUT2D eigenvalue weighted by Gasteiger charge is -2.32. The van der Waals surface area contributed by atoms with Crippen molar-refractivity contribution < 1.29 is 9.53 Å². The van der Waals surface area contributed by atoms with Crippen molar-refractivity contribution in [1.82, 2.24) is 15.1 Å². The van der Waals surface area contributed by atoms with Gasteiger partial charge < -0.3 is 30.1 Å². The van der Waals surface area contributed by atoms with Crippen LogP contribution in [0.25, 0.3) is 0 Å². The lowest BCUT2D eigenvalue weighted by molar-refractivity contribution is 0.0664. The fourth-order valence-electron chi connectivity index (χ4n) is 5.06. The van der Waals surface area contributed by atoms with E-state index in [-0.39, 0.29) is 17.7 Å². The van der Waals surface area contributed by atoms with E-state index in [0.29, 0.717) is 11.5 Å². The first kappa shape index (κ1) is 21.2. The van der Waals surface area contributed by atoms with E-state index in [1.54, 1.807) is 0 Å². The third-order valence-electron chi connectivity index (χ3n) is 7.35. The highest BCUT2D eigenvalue weighted by atomic mass is 16.6. The predicted octanol–water partition coefficient (Wildman–Crippen LogP) is 2.64. The van der Waals surface area contributed by atoms with Gasteiger partial charge in [0.05, 0.1) is 6.61 Å². The Morgan fingerprint density at radius 2 is 1.82 bits per heavy atom. The van der Waals surface area contributed by atoms with E-state index in [2.05, 4.69) is 65.0 Å². The molecule has 0 aliphatic carbocycles. The van der Waals surface area contributed by atoms with Gasteiger partial charge in [0.25, 0.3) is 5.91 Å². The molecule has 1 spiro atoms. The number of nitrogens with one attached hydrogen (secondary N) is 2. The number of rotatable bonds is 2. The number of piperazine rings is 1. The first-order valence-corrected chi connectivity index (χ1v) is 11.9. The largest absolute Gasteiger partial charge is 0.348 e. The number of hydrogen-bond donors (Lipinski definition) is 2. The number of benzene rings is 2. The summed E-state index contributed by atoms with van der Waals surface area (Å²) in [6.07, 6.45) is 2.88. The summed E-state index contributed by atoms with van der Waals surface area (Å²) in [7, 11) is 4.19. The van der Waals surface area contributed by atoms with Crippen molar-refractivity contribution in [2.75, 3.05) is 57.1 Å². The molecule has 176 valence electrons. The molecule has 0 saturated carbocycles. The van der Waals surface area contributed by atoms with Crippen LogP contribution in [0.4, 0.5) is 11.4 Å². The van der Waals surface area contributed by atoms with Crippen LogP contribution in [0.15, 0.2) is 65.3 Å². The molecule has 4 aliphatic rings. The summed E-state index contributed by atoms with van der Waals surface area (Å²) < 4.78 is 5.90. The Balaban J connectivity index is 1.20. The zero-order valence-electron chi connectivity index (χ0n) is 19.6. The van der Waals surface area contributed by atoms with Crippen LogP contribution in [0, 0.1) is 0 Å². The number of ether oxygens (including phenoxy) is 1. The Labute approximate surface area is 199 Å². The van der Waals surface area contributed by atoms with E-state index in [0.717, 1.165) is 50.6 Å². The van der Waals surface area contributed by atoms with Crippen LogP contribution in [0.3, 0.4) is 0 Å². The van der Waals surface area contributed by atoms with Crippen LogP contribution >= 0.6 is 0 Å². The van der Waals surface area contributed by atoms with Gasteiger partial charge in [0.2, 0.25) is 5.96 Å². The fraction of sp³-hybridized carbons (Fsp3) is 0.385. The number of epoxide rings is 1. The molecule has 2 unspecified atom stereocenters. The second kappa shape index (κ2) is 8.14. The fourth-order valence-corrected chi connectivity index (χ4v) is 5.06. The van der Waals surface area contributed by atoms with Crippen LogP contribution in [0.2, 0.25) is 0 Å². The van der Waals surface area contributed by atoms with Gasteiger partial charge in [-0.15, -0.1) is 0 Å². The summed E-state index contributed by atoms with van der Waals surface area (Å²) in [4.78, 5) is 24.3. The van der Waals surface area contributed by atoms with Crippen molar-refractivity contribution in [3.8, 4) is 0 Å². The van der Waals surface area contributed by atoms with Crippen LogP contribution in [-0.4, -0.2) is 74.3 Å². The number of carbonyl (C=O) groups excluding carboxylic acids is 1. The Hall–Kier alpha value is -3.36. The van der Waals surface area contributed by atoms with E-state index in [1.165, 1.54) is 11.1 Å². The quantitative estimate of drug-likeness (QED) is 0.674. The molecule has 2 aromatic carbocycles. The van der Waals surface area contributed by atoms with Crippen LogP contribution in [0.1, 0.15) is 28.4 Å². The van der Waals surface area contributed by atoms with Gasteiger partial charge in [0.15, 0.2) is 5.72 Å². The maximum atomic E-state index is 12.8. The van der Waals surface area contributed by atoms with Gasteiger partial charge in [-0.25, -0.2) is 4.99 Å². The predicted molar refractivity (Wildman–Crippen MR) is 133 cm³/mol.